The number of hydrogen-bond acceptors (Lipinski definition) is 6. The molecule has 0 spiro atoms. The van der Waals surface area contributed by atoms with Gasteiger partial charge in [-0.25, -0.2) is 8.42 Å². The number of amides is 1. The van der Waals surface area contributed by atoms with Gasteiger partial charge in [0.25, 0.3) is 5.69 Å². The van der Waals surface area contributed by atoms with Crippen LogP contribution < -0.4 is 14.4 Å². The van der Waals surface area contributed by atoms with E-state index in [0.29, 0.717) is 4.31 Å². The van der Waals surface area contributed by atoms with Gasteiger partial charge in [0, 0.05) is 12.1 Å². The fourth-order valence-corrected chi connectivity index (χ4v) is 3.38. The Hall–Kier alpha value is -3.35. The van der Waals surface area contributed by atoms with Crippen LogP contribution in [0.1, 0.15) is 5.56 Å². The average Bonchev–Trinajstić information content (AvgIpc) is 2.64. The lowest BCUT2D eigenvalue weighted by atomic mass is 10.1. The molecule has 2 aromatic carbocycles. The molecule has 1 N–H and O–H groups in total. The highest BCUT2D eigenvalue weighted by molar-refractivity contribution is 7.92. The van der Waals surface area contributed by atoms with Gasteiger partial charge in [0.1, 0.15) is 18.0 Å². The minimum Gasteiger partial charge on any atom is -0.495 e. The molecule has 0 heterocycles. The predicted molar refractivity (Wildman–Crippen MR) is 102 cm³/mol. The lowest BCUT2D eigenvalue weighted by molar-refractivity contribution is -0.384. The number of carbonyl (C=O) groups is 1. The summed E-state index contributed by atoms with van der Waals surface area (Å²) >= 11 is 0. The summed E-state index contributed by atoms with van der Waals surface area (Å²) < 4.78 is 69.3. The maximum absolute atomic E-state index is 13.1. The van der Waals surface area contributed by atoms with Crippen molar-refractivity contribution in [3.63, 3.8) is 0 Å². The Morgan fingerprint density at radius 1 is 1.23 bits per heavy atom. The molecule has 162 valence electrons. The molecule has 0 aliphatic heterocycles. The summed E-state index contributed by atoms with van der Waals surface area (Å²) in [4.78, 5) is 22.6. The van der Waals surface area contributed by atoms with Crippen LogP contribution in [0.3, 0.4) is 0 Å². The lowest BCUT2D eigenvalue weighted by Gasteiger charge is -2.24. The van der Waals surface area contributed by atoms with Gasteiger partial charge in [0.2, 0.25) is 15.9 Å². The highest BCUT2D eigenvalue weighted by Gasteiger charge is 2.34. The molecule has 9 nitrogen and oxygen atoms in total. The molecule has 13 heteroatoms. The van der Waals surface area contributed by atoms with Crippen LogP contribution in [0.15, 0.2) is 42.5 Å². The summed E-state index contributed by atoms with van der Waals surface area (Å²) in [6, 6.07) is 7.27. The first-order valence-corrected chi connectivity index (χ1v) is 9.95. The summed E-state index contributed by atoms with van der Waals surface area (Å²) in [5.41, 5.74) is -2.46. The second-order valence-electron chi connectivity index (χ2n) is 5.97. The maximum Gasteiger partial charge on any atom is 0.418 e. The van der Waals surface area contributed by atoms with E-state index in [9.17, 15) is 36.5 Å². The number of nitrogens with one attached hydrogen (secondary N) is 1. The minimum atomic E-state index is -4.75. The summed E-state index contributed by atoms with van der Waals surface area (Å²) in [5, 5.41) is 13.1. The van der Waals surface area contributed by atoms with Crippen molar-refractivity contribution in [2.24, 2.45) is 0 Å². The van der Waals surface area contributed by atoms with E-state index in [1.807, 2.05) is 5.32 Å². The van der Waals surface area contributed by atoms with Crippen molar-refractivity contribution in [2.75, 3.05) is 29.5 Å². The zero-order valence-corrected chi connectivity index (χ0v) is 16.5. The number of carbonyl (C=O) groups excluding carboxylic acids is 1. The molecule has 0 saturated carbocycles. The third kappa shape index (κ3) is 5.37. The number of methoxy groups -OCH3 is 1. The van der Waals surface area contributed by atoms with Crippen molar-refractivity contribution >= 4 is 33.0 Å². The fraction of sp³-hybridized carbons (Fsp3) is 0.235. The van der Waals surface area contributed by atoms with E-state index in [-0.39, 0.29) is 11.4 Å². The largest absolute Gasteiger partial charge is 0.495 e. The number of benzene rings is 2. The maximum atomic E-state index is 13.1. The van der Waals surface area contributed by atoms with E-state index in [4.69, 9.17) is 4.74 Å². The standard InChI is InChI=1S/C17H16F3N3O6S/c1-29-15-8-7-11(23(25)26)9-14(15)22(30(2,27)28)10-16(24)21-13-6-4-3-5-12(13)17(18,19)20/h3-9H,10H2,1-2H3,(H,21,24). The van der Waals surface area contributed by atoms with Crippen LogP contribution in [0.5, 0.6) is 5.75 Å². The van der Waals surface area contributed by atoms with Gasteiger partial charge in [-0.05, 0) is 18.2 Å². The highest BCUT2D eigenvalue weighted by atomic mass is 32.2. The Bertz CT molecular complexity index is 1070. The molecule has 2 rings (SSSR count). The number of anilines is 2. The average molecular weight is 447 g/mol. The molecular weight excluding hydrogens is 431 g/mol. The topological polar surface area (TPSA) is 119 Å². The Balaban J connectivity index is 2.42. The monoisotopic (exact) mass is 447 g/mol. The molecule has 30 heavy (non-hydrogen) atoms. The van der Waals surface area contributed by atoms with Crippen molar-refractivity contribution in [3.05, 3.63) is 58.1 Å². The van der Waals surface area contributed by atoms with E-state index in [1.54, 1.807) is 0 Å². The lowest BCUT2D eigenvalue weighted by Crippen LogP contribution is -2.38. The fourth-order valence-electron chi connectivity index (χ4n) is 2.53. The van der Waals surface area contributed by atoms with E-state index in [2.05, 4.69) is 0 Å². The number of alkyl halides is 3. The van der Waals surface area contributed by atoms with Gasteiger partial charge in [0.05, 0.1) is 29.5 Å². The number of halogens is 3. The number of sulfonamides is 1. The van der Waals surface area contributed by atoms with Crippen molar-refractivity contribution < 1.29 is 36.0 Å². The molecule has 0 unspecified atom stereocenters. The minimum absolute atomic E-state index is 0.0884. The zero-order valence-electron chi connectivity index (χ0n) is 15.6. The third-order valence-corrected chi connectivity index (χ3v) is 4.96. The summed E-state index contributed by atoms with van der Waals surface area (Å²) in [6.45, 7) is -0.942. The van der Waals surface area contributed by atoms with Gasteiger partial charge in [-0.2, -0.15) is 13.2 Å². The quantitative estimate of drug-likeness (QED) is 0.515. The van der Waals surface area contributed by atoms with Gasteiger partial charge < -0.3 is 10.1 Å². The first-order chi connectivity index (χ1) is 13.8. The summed E-state index contributed by atoms with van der Waals surface area (Å²) in [5.74, 6) is -1.18. The van der Waals surface area contributed by atoms with Crippen LogP contribution in [0.4, 0.5) is 30.2 Å². The van der Waals surface area contributed by atoms with Gasteiger partial charge in [-0.1, -0.05) is 12.1 Å². The third-order valence-electron chi connectivity index (χ3n) is 3.84. The van der Waals surface area contributed by atoms with Crippen molar-refractivity contribution in [1.82, 2.24) is 0 Å². The first kappa shape index (κ1) is 22.9. The molecule has 0 aromatic heterocycles. The number of ether oxygens (including phenoxy) is 1. The van der Waals surface area contributed by atoms with Crippen LogP contribution >= 0.6 is 0 Å². The number of hydrogen-bond donors (Lipinski definition) is 1. The smallest absolute Gasteiger partial charge is 0.418 e. The molecule has 0 aliphatic carbocycles. The summed E-state index contributed by atoms with van der Waals surface area (Å²) in [7, 11) is -2.99. The first-order valence-electron chi connectivity index (χ1n) is 8.11. The number of nitrogens with zero attached hydrogens (tertiary/aromatic N) is 2. The Kier molecular flexibility index (Phi) is 6.55. The highest BCUT2D eigenvalue weighted by Crippen LogP contribution is 2.35. The second-order valence-corrected chi connectivity index (χ2v) is 7.88. The predicted octanol–water partition coefficient (Wildman–Crippen LogP) is 3.03. The molecule has 1 amide bonds. The van der Waals surface area contributed by atoms with Crippen LogP contribution in [-0.4, -0.2) is 39.2 Å². The molecule has 0 aliphatic rings. The van der Waals surface area contributed by atoms with Gasteiger partial charge in [0.15, 0.2) is 0 Å². The van der Waals surface area contributed by atoms with Gasteiger partial charge in [-0.3, -0.25) is 19.2 Å². The van der Waals surface area contributed by atoms with Gasteiger partial charge in [-0.15, -0.1) is 0 Å². The zero-order chi connectivity index (χ0) is 22.7. The molecular formula is C17H16F3N3O6S. The van der Waals surface area contributed by atoms with Crippen LogP contribution in [0.25, 0.3) is 0 Å². The molecule has 0 atom stereocenters. The number of non-ortho nitro benzene ring substituents is 1. The Morgan fingerprint density at radius 2 is 1.87 bits per heavy atom. The van der Waals surface area contributed by atoms with Crippen LogP contribution in [0, 0.1) is 10.1 Å². The second kappa shape index (κ2) is 8.57. The Labute approximate surface area is 169 Å². The van der Waals surface area contributed by atoms with Gasteiger partial charge >= 0.3 is 6.18 Å². The Morgan fingerprint density at radius 3 is 2.40 bits per heavy atom. The van der Waals surface area contributed by atoms with Crippen molar-refractivity contribution in [2.45, 2.75) is 6.18 Å². The van der Waals surface area contributed by atoms with Crippen LogP contribution in [-0.2, 0) is 21.0 Å². The van der Waals surface area contributed by atoms with Crippen LogP contribution in [0.2, 0.25) is 0 Å². The number of para-hydroxylation sites is 1. The van der Waals surface area contributed by atoms with E-state index in [1.165, 1.54) is 13.2 Å². The SMILES string of the molecule is COc1ccc([N+](=O)[O-])cc1N(CC(=O)Nc1ccccc1C(F)(F)F)S(C)(=O)=O. The van der Waals surface area contributed by atoms with E-state index >= 15 is 0 Å². The van der Waals surface area contributed by atoms with E-state index in [0.717, 1.165) is 42.7 Å². The normalized spacial score (nSPS) is 11.6. The van der Waals surface area contributed by atoms with Crippen molar-refractivity contribution in [3.8, 4) is 5.75 Å². The molecule has 0 radical (unpaired) electrons. The molecule has 0 bridgehead atoms. The molecule has 2 aromatic rings. The molecule has 0 fully saturated rings. The molecule has 0 saturated heterocycles. The number of nitro groups is 1. The number of rotatable bonds is 7. The number of nitro benzene ring substituents is 1. The van der Waals surface area contributed by atoms with Crippen molar-refractivity contribution in [1.29, 1.82) is 0 Å². The van der Waals surface area contributed by atoms with E-state index < -0.39 is 50.5 Å². The summed E-state index contributed by atoms with van der Waals surface area (Å²) in [6.07, 6.45) is -4.01.